The topological polar surface area (TPSA) is 63.2 Å². The predicted molar refractivity (Wildman–Crippen MR) is 115 cm³/mol. The Kier molecular flexibility index (Phi) is 4.60. The Morgan fingerprint density at radius 2 is 1.75 bits per heavy atom. The third kappa shape index (κ3) is 3.50. The van der Waals surface area contributed by atoms with Crippen molar-refractivity contribution in [3.8, 4) is 11.3 Å². The van der Waals surface area contributed by atoms with E-state index in [1.807, 2.05) is 6.20 Å². The summed E-state index contributed by atoms with van der Waals surface area (Å²) in [5, 5.41) is 0. The zero-order chi connectivity index (χ0) is 22.2. The van der Waals surface area contributed by atoms with Gasteiger partial charge in [0, 0.05) is 62.1 Å². The van der Waals surface area contributed by atoms with Crippen LogP contribution in [0.5, 0.6) is 0 Å². The third-order valence-electron chi connectivity index (χ3n) is 7.97. The van der Waals surface area contributed by atoms with Gasteiger partial charge in [-0.15, -0.1) is 0 Å². The Balaban J connectivity index is 1.23. The van der Waals surface area contributed by atoms with E-state index in [0.717, 1.165) is 50.9 Å². The molecule has 2 unspecified atom stereocenters. The zero-order valence-corrected chi connectivity index (χ0v) is 18.2. The van der Waals surface area contributed by atoms with Crippen LogP contribution in [0, 0.1) is 11.8 Å². The number of nitrogens with two attached hydrogens (primary N) is 1. The van der Waals surface area contributed by atoms with Crippen molar-refractivity contribution in [2.24, 2.45) is 11.8 Å². The molecule has 0 aromatic carbocycles. The maximum atomic E-state index is 13.3. The number of nitrogen functional groups attached to an aromatic ring is 1. The van der Waals surface area contributed by atoms with Crippen molar-refractivity contribution >= 4 is 5.82 Å². The molecule has 0 radical (unpaired) electrons. The Labute approximate surface area is 185 Å². The molecule has 0 amide bonds. The quantitative estimate of drug-likeness (QED) is 0.777. The van der Waals surface area contributed by atoms with Gasteiger partial charge in [-0.2, -0.15) is 13.2 Å². The predicted octanol–water partition coefficient (Wildman–Crippen LogP) is 3.62. The Hall–Kier alpha value is -2.13. The summed E-state index contributed by atoms with van der Waals surface area (Å²) in [4.78, 5) is 13.7. The fraction of sp³-hybridized carbons (Fsp3) is 0.652. The number of halogens is 3. The monoisotopic (exact) mass is 446 g/mol. The van der Waals surface area contributed by atoms with E-state index in [1.165, 1.54) is 19.0 Å². The second-order valence-electron chi connectivity index (χ2n) is 10.1. The molecule has 9 heteroatoms. The number of likely N-dealkylation sites (N-methyl/N-ethyl adjacent to an activating group) is 1. The van der Waals surface area contributed by atoms with Crippen molar-refractivity contribution in [1.29, 1.82) is 0 Å². The minimum atomic E-state index is -4.53. The first-order valence-electron chi connectivity index (χ1n) is 11.6. The molecule has 2 aromatic heterocycles. The maximum absolute atomic E-state index is 13.3. The third-order valence-corrected chi connectivity index (χ3v) is 7.97. The van der Waals surface area contributed by atoms with Gasteiger partial charge in [-0.1, -0.05) is 0 Å². The number of piperazine rings is 1. The summed E-state index contributed by atoms with van der Waals surface area (Å²) in [6.45, 7) is 4.59. The molecule has 2 N–H and O–H groups in total. The van der Waals surface area contributed by atoms with Gasteiger partial charge in [0.15, 0.2) is 0 Å². The number of hydrogen-bond donors (Lipinski definition) is 1. The summed E-state index contributed by atoms with van der Waals surface area (Å²) in [7, 11) is 2.18. The summed E-state index contributed by atoms with van der Waals surface area (Å²) in [5.41, 5.74) is 5.55. The van der Waals surface area contributed by atoms with Gasteiger partial charge < -0.3 is 15.2 Å². The number of aromatic nitrogens is 3. The van der Waals surface area contributed by atoms with Gasteiger partial charge in [0.25, 0.3) is 0 Å². The van der Waals surface area contributed by atoms with Crippen LogP contribution in [0.2, 0.25) is 0 Å². The van der Waals surface area contributed by atoms with E-state index < -0.39 is 17.6 Å². The van der Waals surface area contributed by atoms with E-state index in [-0.39, 0.29) is 0 Å². The highest BCUT2D eigenvalue weighted by molar-refractivity contribution is 5.62. The lowest BCUT2D eigenvalue weighted by Crippen LogP contribution is -2.48. The van der Waals surface area contributed by atoms with Crippen LogP contribution in [0.1, 0.15) is 49.0 Å². The fourth-order valence-electron chi connectivity index (χ4n) is 5.95. The standard InChI is InChI=1S/C23H29F3N6/c1-30-4-6-31(7-5-30)15-9-16-17(10-15)20(16)32-12-19(29-22(32)13-2-3-13)14-8-18(23(24,25)26)21(27)28-11-14/h8,11-13,15-17,20H,2-7,9-10H2,1H3,(H2,27,28)/t15?,16-,17+,20?. The second-order valence-corrected chi connectivity index (χ2v) is 10.1. The molecule has 4 atom stereocenters. The van der Waals surface area contributed by atoms with Gasteiger partial charge in [-0.05, 0) is 50.6 Å². The zero-order valence-electron chi connectivity index (χ0n) is 18.2. The number of fused-ring (bicyclic) bond motifs is 1. The van der Waals surface area contributed by atoms with Crippen LogP contribution in [-0.4, -0.2) is 63.6 Å². The number of pyridine rings is 1. The molecule has 0 spiro atoms. The van der Waals surface area contributed by atoms with Crippen molar-refractivity contribution in [1.82, 2.24) is 24.3 Å². The minimum absolute atomic E-state index is 0.383. The van der Waals surface area contributed by atoms with E-state index in [0.29, 0.717) is 41.1 Å². The molecule has 172 valence electrons. The van der Waals surface area contributed by atoms with Crippen molar-refractivity contribution in [3.63, 3.8) is 0 Å². The van der Waals surface area contributed by atoms with Gasteiger partial charge >= 0.3 is 6.18 Å². The molecule has 32 heavy (non-hydrogen) atoms. The molecular formula is C23H29F3N6. The van der Waals surface area contributed by atoms with Gasteiger partial charge in [0.2, 0.25) is 0 Å². The van der Waals surface area contributed by atoms with Crippen LogP contribution in [-0.2, 0) is 6.18 Å². The number of nitrogens with zero attached hydrogens (tertiary/aromatic N) is 5. The number of anilines is 1. The smallest absolute Gasteiger partial charge is 0.383 e. The van der Waals surface area contributed by atoms with Crippen molar-refractivity contribution < 1.29 is 13.2 Å². The lowest BCUT2D eigenvalue weighted by atomic mass is 10.1. The lowest BCUT2D eigenvalue weighted by Gasteiger charge is -2.37. The Bertz CT molecular complexity index is 1010. The Morgan fingerprint density at radius 1 is 1.06 bits per heavy atom. The minimum Gasteiger partial charge on any atom is -0.383 e. The van der Waals surface area contributed by atoms with Crippen molar-refractivity contribution in [2.45, 2.75) is 49.9 Å². The van der Waals surface area contributed by atoms with Gasteiger partial charge in [0.05, 0.1) is 11.3 Å². The van der Waals surface area contributed by atoms with E-state index in [4.69, 9.17) is 10.7 Å². The molecule has 2 aromatic rings. The number of alkyl halides is 3. The van der Waals surface area contributed by atoms with Gasteiger partial charge in [0.1, 0.15) is 11.6 Å². The maximum Gasteiger partial charge on any atom is 0.419 e. The molecule has 3 saturated carbocycles. The highest BCUT2D eigenvalue weighted by Gasteiger charge is 2.59. The highest BCUT2D eigenvalue weighted by Crippen LogP contribution is 2.62. The SMILES string of the molecule is CN1CCN(C2C[C@@H]3C(n4cc(-c5cnc(N)c(C(F)(F)F)c5)nc4C4CC4)[C@@H]3C2)CC1. The summed E-state index contributed by atoms with van der Waals surface area (Å²) in [5.74, 6) is 2.31. The van der Waals surface area contributed by atoms with Gasteiger partial charge in [-0.25, -0.2) is 9.97 Å². The molecule has 4 fully saturated rings. The fourth-order valence-corrected chi connectivity index (χ4v) is 5.95. The van der Waals surface area contributed by atoms with E-state index in [1.54, 1.807) is 0 Å². The first-order valence-corrected chi connectivity index (χ1v) is 11.6. The highest BCUT2D eigenvalue weighted by atomic mass is 19.4. The average molecular weight is 447 g/mol. The van der Waals surface area contributed by atoms with Crippen LogP contribution >= 0.6 is 0 Å². The average Bonchev–Trinajstić information content (AvgIpc) is 3.62. The summed E-state index contributed by atoms with van der Waals surface area (Å²) < 4.78 is 42.3. The van der Waals surface area contributed by atoms with Crippen LogP contribution in [0.3, 0.4) is 0 Å². The van der Waals surface area contributed by atoms with Crippen molar-refractivity contribution in [2.75, 3.05) is 39.0 Å². The molecule has 6 rings (SSSR count). The molecule has 6 nitrogen and oxygen atoms in total. The molecule has 3 aliphatic carbocycles. The number of rotatable bonds is 4. The van der Waals surface area contributed by atoms with Crippen LogP contribution < -0.4 is 5.73 Å². The van der Waals surface area contributed by atoms with Crippen LogP contribution in [0.15, 0.2) is 18.5 Å². The van der Waals surface area contributed by atoms with E-state index in [9.17, 15) is 13.2 Å². The number of hydrogen-bond acceptors (Lipinski definition) is 5. The summed E-state index contributed by atoms with van der Waals surface area (Å²) in [6, 6.07) is 2.21. The number of imidazole rings is 1. The summed E-state index contributed by atoms with van der Waals surface area (Å²) in [6.07, 6.45) is 3.50. The van der Waals surface area contributed by atoms with E-state index in [2.05, 4.69) is 26.4 Å². The largest absolute Gasteiger partial charge is 0.419 e. The second kappa shape index (κ2) is 7.18. The summed E-state index contributed by atoms with van der Waals surface area (Å²) >= 11 is 0. The van der Waals surface area contributed by atoms with Crippen LogP contribution in [0.4, 0.5) is 19.0 Å². The molecule has 1 aliphatic heterocycles. The molecule has 4 aliphatic rings. The Morgan fingerprint density at radius 3 is 2.38 bits per heavy atom. The van der Waals surface area contributed by atoms with Crippen molar-refractivity contribution in [3.05, 3.63) is 29.8 Å². The molecule has 0 bridgehead atoms. The van der Waals surface area contributed by atoms with Gasteiger partial charge in [-0.3, -0.25) is 4.90 Å². The first-order chi connectivity index (χ1) is 15.3. The van der Waals surface area contributed by atoms with Crippen LogP contribution in [0.25, 0.3) is 11.3 Å². The molecule has 3 heterocycles. The lowest BCUT2D eigenvalue weighted by molar-refractivity contribution is -0.137. The van der Waals surface area contributed by atoms with E-state index >= 15 is 0 Å². The molecule has 1 saturated heterocycles. The normalized spacial score (nSPS) is 31.1. The molecular weight excluding hydrogens is 417 g/mol. The first kappa shape index (κ1) is 20.5.